The molecule has 1 aromatic rings. The number of alkyl halides is 1. The molecule has 0 radical (unpaired) electrons. The van der Waals surface area contributed by atoms with Crippen LogP contribution >= 0.6 is 11.6 Å². The van der Waals surface area contributed by atoms with Crippen molar-refractivity contribution in [2.45, 2.75) is 0 Å². The third kappa shape index (κ3) is 2.17. The molecular formula is C9H11ClN2. The zero-order valence-electron chi connectivity index (χ0n) is 6.63. The molecule has 64 valence electrons. The number of nitrogens with two attached hydrogens (primary N) is 2. The second-order valence-corrected chi connectivity index (χ2v) is 2.75. The molecule has 0 heterocycles. The van der Waals surface area contributed by atoms with E-state index < -0.39 is 0 Å². The highest BCUT2D eigenvalue weighted by Crippen LogP contribution is 2.16. The molecule has 0 unspecified atom stereocenters. The largest absolute Gasteiger partial charge is 0.397 e. The number of hydrogen-bond acceptors (Lipinski definition) is 2. The molecule has 3 heteroatoms. The van der Waals surface area contributed by atoms with Gasteiger partial charge in [0.2, 0.25) is 0 Å². The van der Waals surface area contributed by atoms with Crippen molar-refractivity contribution in [3.8, 4) is 0 Å². The van der Waals surface area contributed by atoms with E-state index in [1.807, 2.05) is 24.3 Å². The minimum absolute atomic E-state index is 0.504. The predicted octanol–water partition coefficient (Wildman–Crippen LogP) is 2.10. The fourth-order valence-electron chi connectivity index (χ4n) is 0.878. The Morgan fingerprint density at radius 2 is 2.00 bits per heavy atom. The molecular weight excluding hydrogens is 172 g/mol. The van der Waals surface area contributed by atoms with Crippen molar-refractivity contribution >= 4 is 29.1 Å². The van der Waals surface area contributed by atoms with Gasteiger partial charge in [0.1, 0.15) is 0 Å². The van der Waals surface area contributed by atoms with Crippen molar-refractivity contribution in [1.29, 1.82) is 0 Å². The molecule has 0 atom stereocenters. The maximum atomic E-state index is 5.60. The highest BCUT2D eigenvalue weighted by molar-refractivity contribution is 6.19. The Hall–Kier alpha value is -1.15. The number of rotatable bonds is 2. The fourth-order valence-corrected chi connectivity index (χ4v) is 0.967. The smallest absolute Gasteiger partial charge is 0.0553 e. The van der Waals surface area contributed by atoms with Gasteiger partial charge in [-0.3, -0.25) is 0 Å². The summed E-state index contributed by atoms with van der Waals surface area (Å²) in [4.78, 5) is 0. The summed E-state index contributed by atoms with van der Waals surface area (Å²) in [5.74, 6) is 0.504. The first-order valence-corrected chi connectivity index (χ1v) is 4.15. The van der Waals surface area contributed by atoms with E-state index in [1.165, 1.54) is 0 Å². The standard InChI is InChI=1S/C9H11ClN2/c10-5-1-2-7-3-4-8(11)9(12)6-7/h1-4,6H,5,11-12H2. The van der Waals surface area contributed by atoms with Crippen LogP contribution in [0.2, 0.25) is 0 Å². The molecule has 0 aromatic heterocycles. The number of halogens is 1. The van der Waals surface area contributed by atoms with Crippen LogP contribution < -0.4 is 11.5 Å². The topological polar surface area (TPSA) is 52.0 Å². The van der Waals surface area contributed by atoms with Gasteiger partial charge >= 0.3 is 0 Å². The molecule has 0 fully saturated rings. The molecule has 0 aliphatic heterocycles. The normalized spacial score (nSPS) is 10.8. The van der Waals surface area contributed by atoms with E-state index in [0.717, 1.165) is 5.56 Å². The molecule has 1 rings (SSSR count). The Labute approximate surface area is 76.8 Å². The van der Waals surface area contributed by atoms with Crippen LogP contribution in [0.25, 0.3) is 6.08 Å². The predicted molar refractivity (Wildman–Crippen MR) is 55.0 cm³/mol. The Bertz CT molecular complexity index is 295. The molecule has 4 N–H and O–H groups in total. The Morgan fingerprint density at radius 3 is 2.58 bits per heavy atom. The highest BCUT2D eigenvalue weighted by atomic mass is 35.5. The van der Waals surface area contributed by atoms with Crippen molar-refractivity contribution < 1.29 is 0 Å². The molecule has 0 bridgehead atoms. The van der Waals surface area contributed by atoms with Crippen molar-refractivity contribution in [1.82, 2.24) is 0 Å². The van der Waals surface area contributed by atoms with E-state index >= 15 is 0 Å². The van der Waals surface area contributed by atoms with Gasteiger partial charge in [-0.15, -0.1) is 11.6 Å². The highest BCUT2D eigenvalue weighted by Gasteiger charge is 1.92. The van der Waals surface area contributed by atoms with Gasteiger partial charge in [-0.05, 0) is 17.7 Å². The zero-order chi connectivity index (χ0) is 8.97. The van der Waals surface area contributed by atoms with Gasteiger partial charge in [-0.25, -0.2) is 0 Å². The molecule has 0 spiro atoms. The van der Waals surface area contributed by atoms with Crippen molar-refractivity contribution in [3.05, 3.63) is 29.8 Å². The SMILES string of the molecule is Nc1ccc(C=CCCl)cc1N. The van der Waals surface area contributed by atoms with Gasteiger partial charge in [0, 0.05) is 5.88 Å². The summed E-state index contributed by atoms with van der Waals surface area (Å²) in [5.41, 5.74) is 13.4. The fraction of sp³-hybridized carbons (Fsp3) is 0.111. The van der Waals surface area contributed by atoms with Crippen molar-refractivity contribution in [2.24, 2.45) is 0 Å². The van der Waals surface area contributed by atoms with E-state index in [-0.39, 0.29) is 0 Å². The van der Waals surface area contributed by atoms with Gasteiger partial charge in [-0.1, -0.05) is 18.2 Å². The first-order chi connectivity index (χ1) is 5.74. The summed E-state index contributed by atoms with van der Waals surface area (Å²) in [5, 5.41) is 0. The van der Waals surface area contributed by atoms with Gasteiger partial charge in [0.05, 0.1) is 11.4 Å². The summed E-state index contributed by atoms with van der Waals surface area (Å²) < 4.78 is 0. The lowest BCUT2D eigenvalue weighted by Crippen LogP contribution is -1.93. The maximum Gasteiger partial charge on any atom is 0.0553 e. The van der Waals surface area contributed by atoms with Crippen LogP contribution in [0.4, 0.5) is 11.4 Å². The Kier molecular flexibility index (Phi) is 3.00. The van der Waals surface area contributed by atoms with Crippen LogP contribution in [0.3, 0.4) is 0 Å². The van der Waals surface area contributed by atoms with E-state index in [4.69, 9.17) is 23.1 Å². The lowest BCUT2D eigenvalue weighted by Gasteiger charge is -1.99. The van der Waals surface area contributed by atoms with E-state index in [0.29, 0.717) is 17.3 Å². The van der Waals surface area contributed by atoms with E-state index in [9.17, 15) is 0 Å². The van der Waals surface area contributed by atoms with Crippen LogP contribution in [0.15, 0.2) is 24.3 Å². The average molecular weight is 183 g/mol. The number of anilines is 2. The molecule has 12 heavy (non-hydrogen) atoms. The molecule has 1 aromatic carbocycles. The summed E-state index contributed by atoms with van der Waals surface area (Å²) in [6, 6.07) is 5.50. The Balaban J connectivity index is 2.89. The van der Waals surface area contributed by atoms with Gasteiger partial charge in [0.15, 0.2) is 0 Å². The van der Waals surface area contributed by atoms with Crippen molar-refractivity contribution in [3.63, 3.8) is 0 Å². The monoisotopic (exact) mass is 182 g/mol. The third-order valence-corrected chi connectivity index (χ3v) is 1.69. The van der Waals surface area contributed by atoms with E-state index in [1.54, 1.807) is 6.07 Å². The Morgan fingerprint density at radius 1 is 1.25 bits per heavy atom. The lowest BCUT2D eigenvalue weighted by molar-refractivity contribution is 1.62. The molecule has 0 amide bonds. The average Bonchev–Trinajstić information content (AvgIpc) is 2.07. The maximum absolute atomic E-state index is 5.60. The minimum atomic E-state index is 0.504. The van der Waals surface area contributed by atoms with Gasteiger partial charge < -0.3 is 11.5 Å². The molecule has 0 aliphatic rings. The summed E-state index contributed by atoms with van der Waals surface area (Å²) in [6.07, 6.45) is 3.76. The minimum Gasteiger partial charge on any atom is -0.397 e. The van der Waals surface area contributed by atoms with Crippen molar-refractivity contribution in [2.75, 3.05) is 17.3 Å². The first-order valence-electron chi connectivity index (χ1n) is 3.61. The zero-order valence-corrected chi connectivity index (χ0v) is 7.38. The van der Waals surface area contributed by atoms with E-state index in [2.05, 4.69) is 0 Å². The van der Waals surface area contributed by atoms with Crippen LogP contribution in [0, 0.1) is 0 Å². The molecule has 2 nitrogen and oxygen atoms in total. The summed E-state index contributed by atoms with van der Waals surface area (Å²) in [6.45, 7) is 0. The third-order valence-electron chi connectivity index (χ3n) is 1.51. The number of allylic oxidation sites excluding steroid dienone is 1. The second-order valence-electron chi connectivity index (χ2n) is 2.45. The lowest BCUT2D eigenvalue weighted by atomic mass is 10.1. The summed E-state index contributed by atoms with van der Waals surface area (Å²) in [7, 11) is 0. The first kappa shape index (κ1) is 8.94. The van der Waals surface area contributed by atoms with Crippen LogP contribution in [-0.4, -0.2) is 5.88 Å². The van der Waals surface area contributed by atoms with Gasteiger partial charge in [-0.2, -0.15) is 0 Å². The number of hydrogen-bond donors (Lipinski definition) is 2. The molecule has 0 saturated heterocycles. The number of benzene rings is 1. The van der Waals surface area contributed by atoms with Crippen LogP contribution in [0.1, 0.15) is 5.56 Å². The van der Waals surface area contributed by atoms with Crippen LogP contribution in [0.5, 0.6) is 0 Å². The second kappa shape index (κ2) is 4.02. The number of nitrogen functional groups attached to an aromatic ring is 2. The molecule has 0 aliphatic carbocycles. The summed E-state index contributed by atoms with van der Waals surface area (Å²) >= 11 is 5.48. The van der Waals surface area contributed by atoms with Gasteiger partial charge in [0.25, 0.3) is 0 Å². The quantitative estimate of drug-likeness (QED) is 0.544. The molecule has 0 saturated carbocycles. The van der Waals surface area contributed by atoms with Crippen LogP contribution in [-0.2, 0) is 0 Å².